The molecule has 88 valence electrons. The quantitative estimate of drug-likeness (QED) is 0.804. The van der Waals surface area contributed by atoms with Crippen LogP contribution in [0.3, 0.4) is 0 Å². The highest BCUT2D eigenvalue weighted by Crippen LogP contribution is 2.32. The molecule has 0 saturated heterocycles. The van der Waals surface area contributed by atoms with Crippen molar-refractivity contribution in [1.29, 1.82) is 0 Å². The number of hydrogen-bond acceptors (Lipinski definition) is 3. The molecule has 0 aliphatic heterocycles. The molecule has 0 aliphatic carbocycles. The first-order chi connectivity index (χ1) is 7.60. The van der Waals surface area contributed by atoms with Crippen LogP contribution in [0.2, 0.25) is 0 Å². The molecular weight excluding hydrogens is 224 g/mol. The topological polar surface area (TPSA) is 46.5 Å². The molecule has 3 nitrogen and oxygen atoms in total. The highest BCUT2D eigenvalue weighted by atomic mass is 32.2. The first kappa shape index (κ1) is 12.9. The maximum atomic E-state index is 10.6. The summed E-state index contributed by atoms with van der Waals surface area (Å²) >= 11 is 1.61. The van der Waals surface area contributed by atoms with E-state index in [0.717, 1.165) is 21.8 Å². The summed E-state index contributed by atoms with van der Waals surface area (Å²) in [5, 5.41) is 8.72. The molecule has 1 N–H and O–H groups in total. The lowest BCUT2D eigenvalue weighted by Crippen LogP contribution is -2.02. The van der Waals surface area contributed by atoms with Crippen LogP contribution in [0.1, 0.15) is 17.5 Å². The van der Waals surface area contributed by atoms with Crippen LogP contribution in [0, 0.1) is 6.92 Å². The number of methoxy groups -OCH3 is 1. The van der Waals surface area contributed by atoms with Gasteiger partial charge in [-0.2, -0.15) is 0 Å². The van der Waals surface area contributed by atoms with Crippen molar-refractivity contribution >= 4 is 17.7 Å². The van der Waals surface area contributed by atoms with Gasteiger partial charge in [0, 0.05) is 16.9 Å². The van der Waals surface area contributed by atoms with Crippen molar-refractivity contribution in [1.82, 2.24) is 0 Å². The minimum absolute atomic E-state index is 0.132. The van der Waals surface area contributed by atoms with E-state index in [1.54, 1.807) is 18.9 Å². The van der Waals surface area contributed by atoms with Crippen LogP contribution < -0.4 is 4.74 Å². The molecule has 1 aromatic carbocycles. The van der Waals surface area contributed by atoms with Gasteiger partial charge < -0.3 is 9.84 Å². The van der Waals surface area contributed by atoms with Gasteiger partial charge in [0.05, 0.1) is 7.11 Å². The molecule has 0 radical (unpaired) electrons. The van der Waals surface area contributed by atoms with E-state index in [-0.39, 0.29) is 6.42 Å². The van der Waals surface area contributed by atoms with E-state index in [1.807, 2.05) is 25.3 Å². The van der Waals surface area contributed by atoms with E-state index in [2.05, 4.69) is 0 Å². The lowest BCUT2D eigenvalue weighted by Gasteiger charge is -2.14. The highest BCUT2D eigenvalue weighted by molar-refractivity contribution is 7.98. The number of ether oxygens (including phenoxy) is 1. The van der Waals surface area contributed by atoms with Gasteiger partial charge in [-0.25, -0.2) is 0 Å². The second kappa shape index (κ2) is 5.80. The zero-order valence-electron chi connectivity index (χ0n) is 9.74. The third-order valence-corrected chi connectivity index (χ3v) is 3.25. The lowest BCUT2D eigenvalue weighted by atomic mass is 10.0. The second-order valence-corrected chi connectivity index (χ2v) is 4.34. The number of carbonyl (C=O) groups is 1. The van der Waals surface area contributed by atoms with E-state index in [4.69, 9.17) is 9.84 Å². The molecule has 0 aliphatic rings. The van der Waals surface area contributed by atoms with Crippen LogP contribution >= 0.6 is 11.8 Å². The Bertz CT molecular complexity index is 388. The van der Waals surface area contributed by atoms with E-state index in [0.29, 0.717) is 6.42 Å². The maximum Gasteiger partial charge on any atom is 0.303 e. The van der Waals surface area contributed by atoms with E-state index >= 15 is 0 Å². The SMILES string of the molecule is COc1c(C)ccc(SC)c1CCC(=O)O. The minimum Gasteiger partial charge on any atom is -0.496 e. The number of aliphatic carboxylic acids is 1. The van der Waals surface area contributed by atoms with E-state index in [9.17, 15) is 4.79 Å². The van der Waals surface area contributed by atoms with Crippen LogP contribution in [0.4, 0.5) is 0 Å². The standard InChI is InChI=1S/C12H16O3S/c1-8-4-6-10(16-3)9(12(8)15-2)5-7-11(13)14/h4,6H,5,7H2,1-3H3,(H,13,14). The van der Waals surface area contributed by atoms with Crippen LogP contribution in [-0.4, -0.2) is 24.4 Å². The van der Waals surface area contributed by atoms with Crippen molar-refractivity contribution in [2.75, 3.05) is 13.4 Å². The molecule has 0 saturated carbocycles. The summed E-state index contributed by atoms with van der Waals surface area (Å²) < 4.78 is 5.34. The third kappa shape index (κ3) is 2.92. The number of hydrogen-bond donors (Lipinski definition) is 1. The fourth-order valence-corrected chi connectivity index (χ4v) is 2.32. The van der Waals surface area contributed by atoms with Crippen molar-refractivity contribution in [3.05, 3.63) is 23.3 Å². The summed E-state index contributed by atoms with van der Waals surface area (Å²) in [5.74, 6) is 0.0312. The first-order valence-corrected chi connectivity index (χ1v) is 6.25. The number of aryl methyl sites for hydroxylation is 1. The average molecular weight is 240 g/mol. The smallest absolute Gasteiger partial charge is 0.303 e. The van der Waals surface area contributed by atoms with Gasteiger partial charge >= 0.3 is 5.97 Å². The maximum absolute atomic E-state index is 10.6. The number of rotatable bonds is 5. The summed E-state index contributed by atoms with van der Waals surface area (Å²) in [5.41, 5.74) is 2.04. The second-order valence-electron chi connectivity index (χ2n) is 3.49. The van der Waals surface area contributed by atoms with Gasteiger partial charge in [0.1, 0.15) is 5.75 Å². The summed E-state index contributed by atoms with van der Waals surface area (Å²) in [7, 11) is 1.62. The van der Waals surface area contributed by atoms with Crippen LogP contribution in [0.5, 0.6) is 5.75 Å². The van der Waals surface area contributed by atoms with Crippen molar-refractivity contribution in [3.8, 4) is 5.75 Å². The summed E-state index contributed by atoms with van der Waals surface area (Å²) in [6.45, 7) is 1.97. The molecule has 0 unspecified atom stereocenters. The van der Waals surface area contributed by atoms with Gasteiger partial charge in [-0.3, -0.25) is 4.79 Å². The molecule has 0 fully saturated rings. The molecule has 16 heavy (non-hydrogen) atoms. The number of benzene rings is 1. The average Bonchev–Trinajstić information content (AvgIpc) is 2.26. The summed E-state index contributed by atoms with van der Waals surface area (Å²) in [6, 6.07) is 4.01. The molecule has 0 bridgehead atoms. The summed E-state index contributed by atoms with van der Waals surface area (Å²) in [4.78, 5) is 11.7. The molecule has 1 aromatic rings. The molecule has 1 rings (SSSR count). The Morgan fingerprint density at radius 2 is 2.19 bits per heavy atom. The molecule has 0 spiro atoms. The Morgan fingerprint density at radius 3 is 2.69 bits per heavy atom. The predicted molar refractivity (Wildman–Crippen MR) is 65.5 cm³/mol. The van der Waals surface area contributed by atoms with Gasteiger partial charge in [-0.15, -0.1) is 11.8 Å². The third-order valence-electron chi connectivity index (χ3n) is 2.43. The van der Waals surface area contributed by atoms with E-state index < -0.39 is 5.97 Å². The monoisotopic (exact) mass is 240 g/mol. The fourth-order valence-electron chi connectivity index (χ4n) is 1.67. The van der Waals surface area contributed by atoms with Crippen molar-refractivity contribution in [3.63, 3.8) is 0 Å². The molecule has 0 heterocycles. The molecular formula is C12H16O3S. The van der Waals surface area contributed by atoms with Crippen LogP contribution in [-0.2, 0) is 11.2 Å². The Labute approximate surface area is 99.8 Å². The normalized spacial score (nSPS) is 10.2. The van der Waals surface area contributed by atoms with Crippen molar-refractivity contribution in [2.45, 2.75) is 24.7 Å². The van der Waals surface area contributed by atoms with Crippen molar-refractivity contribution in [2.24, 2.45) is 0 Å². The zero-order valence-corrected chi connectivity index (χ0v) is 10.6. The number of carboxylic acid groups (broad SMARTS) is 1. The summed E-state index contributed by atoms with van der Waals surface area (Å²) in [6.07, 6.45) is 2.62. The molecule has 0 aromatic heterocycles. The molecule has 4 heteroatoms. The highest BCUT2D eigenvalue weighted by Gasteiger charge is 2.12. The van der Waals surface area contributed by atoms with E-state index in [1.165, 1.54) is 0 Å². The minimum atomic E-state index is -0.782. The fraction of sp³-hybridized carbons (Fsp3) is 0.417. The Kier molecular flexibility index (Phi) is 4.68. The van der Waals surface area contributed by atoms with Gasteiger partial charge in [0.25, 0.3) is 0 Å². The molecule has 0 atom stereocenters. The first-order valence-electron chi connectivity index (χ1n) is 5.02. The van der Waals surface area contributed by atoms with Gasteiger partial charge in [-0.1, -0.05) is 6.07 Å². The number of thioether (sulfide) groups is 1. The Morgan fingerprint density at radius 1 is 1.50 bits per heavy atom. The van der Waals surface area contributed by atoms with Crippen LogP contribution in [0.15, 0.2) is 17.0 Å². The molecule has 0 amide bonds. The van der Waals surface area contributed by atoms with Crippen molar-refractivity contribution < 1.29 is 14.6 Å². The zero-order chi connectivity index (χ0) is 12.1. The Hall–Kier alpha value is -1.16. The predicted octanol–water partition coefficient (Wildman–Crippen LogP) is 2.74. The number of carboxylic acids is 1. The largest absolute Gasteiger partial charge is 0.496 e. The lowest BCUT2D eigenvalue weighted by molar-refractivity contribution is -0.136. The van der Waals surface area contributed by atoms with Crippen LogP contribution in [0.25, 0.3) is 0 Å². The Balaban J connectivity index is 3.09. The van der Waals surface area contributed by atoms with Gasteiger partial charge in [-0.05, 0) is 31.2 Å². The van der Waals surface area contributed by atoms with Gasteiger partial charge in [0.2, 0.25) is 0 Å². The van der Waals surface area contributed by atoms with Gasteiger partial charge in [0.15, 0.2) is 0 Å².